The SMILES string of the molecule is Cc1ccc(NC(=O)c2cnc(OC3CCOCC3)c(Cl)c2)cc1F. The van der Waals surface area contributed by atoms with Gasteiger partial charge in [-0.25, -0.2) is 9.37 Å². The van der Waals surface area contributed by atoms with Gasteiger partial charge in [0.1, 0.15) is 16.9 Å². The lowest BCUT2D eigenvalue weighted by molar-refractivity contribution is 0.0238. The Morgan fingerprint density at radius 3 is 2.80 bits per heavy atom. The maximum Gasteiger partial charge on any atom is 0.257 e. The number of carbonyl (C=O) groups excluding carboxylic acids is 1. The minimum Gasteiger partial charge on any atom is -0.473 e. The zero-order chi connectivity index (χ0) is 17.8. The van der Waals surface area contributed by atoms with Crippen LogP contribution < -0.4 is 10.1 Å². The van der Waals surface area contributed by atoms with Crippen LogP contribution in [0.1, 0.15) is 28.8 Å². The molecule has 132 valence electrons. The molecule has 1 fully saturated rings. The molecule has 0 spiro atoms. The average molecular weight is 365 g/mol. The van der Waals surface area contributed by atoms with E-state index in [1.54, 1.807) is 19.1 Å². The van der Waals surface area contributed by atoms with E-state index in [1.807, 2.05) is 0 Å². The van der Waals surface area contributed by atoms with Gasteiger partial charge in [-0.15, -0.1) is 0 Å². The minimum absolute atomic E-state index is 0.00830. The molecule has 1 saturated heterocycles. The molecule has 0 atom stereocenters. The number of carbonyl (C=O) groups is 1. The Bertz CT molecular complexity index is 779. The summed E-state index contributed by atoms with van der Waals surface area (Å²) in [5.74, 6) is -0.504. The van der Waals surface area contributed by atoms with E-state index in [-0.39, 0.29) is 22.5 Å². The third kappa shape index (κ3) is 4.46. The van der Waals surface area contributed by atoms with Crippen molar-refractivity contribution in [2.75, 3.05) is 18.5 Å². The first-order valence-corrected chi connectivity index (χ1v) is 8.38. The highest BCUT2D eigenvalue weighted by molar-refractivity contribution is 6.32. The summed E-state index contributed by atoms with van der Waals surface area (Å²) in [6.45, 7) is 2.95. The van der Waals surface area contributed by atoms with E-state index in [0.717, 1.165) is 12.8 Å². The average Bonchev–Trinajstić information content (AvgIpc) is 2.61. The first-order chi connectivity index (χ1) is 12.0. The summed E-state index contributed by atoms with van der Waals surface area (Å²) in [5.41, 5.74) is 1.15. The molecule has 3 rings (SSSR count). The van der Waals surface area contributed by atoms with Crippen molar-refractivity contribution in [1.82, 2.24) is 4.98 Å². The second kappa shape index (κ2) is 7.80. The number of amides is 1. The smallest absolute Gasteiger partial charge is 0.257 e. The van der Waals surface area contributed by atoms with Crippen LogP contribution in [-0.4, -0.2) is 30.2 Å². The van der Waals surface area contributed by atoms with Gasteiger partial charge in [-0.2, -0.15) is 0 Å². The summed E-state index contributed by atoms with van der Waals surface area (Å²) < 4.78 is 24.6. The van der Waals surface area contributed by atoms with Crippen LogP contribution in [0.25, 0.3) is 0 Å². The van der Waals surface area contributed by atoms with E-state index >= 15 is 0 Å². The van der Waals surface area contributed by atoms with Crippen LogP contribution in [-0.2, 0) is 4.74 Å². The van der Waals surface area contributed by atoms with Gasteiger partial charge in [0.15, 0.2) is 0 Å². The molecule has 1 aromatic heterocycles. The largest absolute Gasteiger partial charge is 0.473 e. The molecule has 0 unspecified atom stereocenters. The number of rotatable bonds is 4. The molecule has 1 aliphatic heterocycles. The van der Waals surface area contributed by atoms with Crippen molar-refractivity contribution in [3.05, 3.63) is 52.4 Å². The van der Waals surface area contributed by atoms with Gasteiger partial charge >= 0.3 is 0 Å². The van der Waals surface area contributed by atoms with Crippen molar-refractivity contribution < 1.29 is 18.7 Å². The topological polar surface area (TPSA) is 60.5 Å². The van der Waals surface area contributed by atoms with Crippen molar-refractivity contribution in [2.45, 2.75) is 25.9 Å². The highest BCUT2D eigenvalue weighted by Gasteiger charge is 2.18. The van der Waals surface area contributed by atoms with Gasteiger partial charge in [-0.05, 0) is 30.7 Å². The summed E-state index contributed by atoms with van der Waals surface area (Å²) in [7, 11) is 0. The Kier molecular flexibility index (Phi) is 5.50. The summed E-state index contributed by atoms with van der Waals surface area (Å²) in [5, 5.41) is 2.88. The van der Waals surface area contributed by atoms with Crippen molar-refractivity contribution in [3.8, 4) is 5.88 Å². The molecule has 7 heteroatoms. The minimum atomic E-state index is -0.421. The Labute approximate surface area is 150 Å². The Morgan fingerprint density at radius 2 is 2.12 bits per heavy atom. The van der Waals surface area contributed by atoms with E-state index in [1.165, 1.54) is 18.3 Å². The van der Waals surface area contributed by atoms with E-state index in [0.29, 0.717) is 30.3 Å². The zero-order valence-electron chi connectivity index (χ0n) is 13.7. The standard InChI is InChI=1S/C18H18ClFN2O3/c1-11-2-3-13(9-16(11)20)22-17(23)12-8-15(19)18(21-10-12)25-14-4-6-24-7-5-14/h2-3,8-10,14H,4-7H2,1H3,(H,22,23). The number of hydrogen-bond donors (Lipinski definition) is 1. The van der Waals surface area contributed by atoms with E-state index in [2.05, 4.69) is 10.3 Å². The number of pyridine rings is 1. The molecule has 5 nitrogen and oxygen atoms in total. The van der Waals surface area contributed by atoms with Crippen LogP contribution in [0.5, 0.6) is 5.88 Å². The van der Waals surface area contributed by atoms with E-state index in [4.69, 9.17) is 21.1 Å². The van der Waals surface area contributed by atoms with Crippen LogP contribution in [0.15, 0.2) is 30.5 Å². The number of halogens is 2. The molecule has 1 amide bonds. The molecule has 2 heterocycles. The fraction of sp³-hybridized carbons (Fsp3) is 0.333. The number of benzene rings is 1. The molecule has 2 aromatic rings. The fourth-order valence-electron chi connectivity index (χ4n) is 2.46. The molecule has 0 radical (unpaired) electrons. The number of nitrogens with zero attached hydrogens (tertiary/aromatic N) is 1. The zero-order valence-corrected chi connectivity index (χ0v) is 14.5. The molecule has 0 saturated carbocycles. The number of anilines is 1. The summed E-state index contributed by atoms with van der Waals surface area (Å²) in [6.07, 6.45) is 2.95. The monoisotopic (exact) mass is 364 g/mol. The van der Waals surface area contributed by atoms with Gasteiger partial charge in [0.05, 0.1) is 18.8 Å². The molecule has 0 aliphatic carbocycles. The van der Waals surface area contributed by atoms with Crippen LogP contribution in [0.2, 0.25) is 5.02 Å². The third-order valence-electron chi connectivity index (χ3n) is 3.95. The van der Waals surface area contributed by atoms with E-state index in [9.17, 15) is 9.18 Å². The number of nitrogens with one attached hydrogen (secondary N) is 1. The Morgan fingerprint density at radius 1 is 1.36 bits per heavy atom. The second-order valence-electron chi connectivity index (χ2n) is 5.86. The quantitative estimate of drug-likeness (QED) is 0.891. The lowest BCUT2D eigenvalue weighted by Crippen LogP contribution is -2.26. The van der Waals surface area contributed by atoms with Gasteiger partial charge in [-0.1, -0.05) is 17.7 Å². The van der Waals surface area contributed by atoms with Crippen molar-refractivity contribution in [1.29, 1.82) is 0 Å². The molecular weight excluding hydrogens is 347 g/mol. The van der Waals surface area contributed by atoms with Gasteiger partial charge in [-0.3, -0.25) is 4.79 Å². The summed E-state index contributed by atoms with van der Waals surface area (Å²) in [4.78, 5) is 16.4. The number of aromatic nitrogens is 1. The molecule has 1 aromatic carbocycles. The first kappa shape index (κ1) is 17.6. The lowest BCUT2D eigenvalue weighted by atomic mass is 10.1. The van der Waals surface area contributed by atoms with Crippen LogP contribution in [0, 0.1) is 12.7 Å². The van der Waals surface area contributed by atoms with Gasteiger partial charge in [0.25, 0.3) is 5.91 Å². The number of ether oxygens (including phenoxy) is 2. The predicted octanol–water partition coefficient (Wildman–Crippen LogP) is 3.99. The van der Waals surface area contributed by atoms with Crippen LogP contribution >= 0.6 is 11.6 Å². The summed E-state index contributed by atoms with van der Waals surface area (Å²) >= 11 is 6.18. The molecule has 25 heavy (non-hydrogen) atoms. The van der Waals surface area contributed by atoms with Crippen molar-refractivity contribution in [2.24, 2.45) is 0 Å². The van der Waals surface area contributed by atoms with E-state index < -0.39 is 5.91 Å². The molecule has 1 N–H and O–H groups in total. The normalized spacial score (nSPS) is 15.0. The van der Waals surface area contributed by atoms with Crippen molar-refractivity contribution in [3.63, 3.8) is 0 Å². The molecular formula is C18H18ClFN2O3. The maximum atomic E-state index is 13.6. The highest BCUT2D eigenvalue weighted by Crippen LogP contribution is 2.26. The number of hydrogen-bond acceptors (Lipinski definition) is 4. The third-order valence-corrected chi connectivity index (χ3v) is 4.22. The fourth-order valence-corrected chi connectivity index (χ4v) is 2.67. The Balaban J connectivity index is 1.68. The second-order valence-corrected chi connectivity index (χ2v) is 6.27. The first-order valence-electron chi connectivity index (χ1n) is 8.00. The van der Waals surface area contributed by atoms with Crippen LogP contribution in [0.3, 0.4) is 0 Å². The maximum absolute atomic E-state index is 13.6. The Hall–Kier alpha value is -2.18. The van der Waals surface area contributed by atoms with Gasteiger partial charge in [0, 0.05) is 24.7 Å². The van der Waals surface area contributed by atoms with Crippen LogP contribution in [0.4, 0.5) is 10.1 Å². The molecule has 0 bridgehead atoms. The number of aryl methyl sites for hydroxylation is 1. The van der Waals surface area contributed by atoms with Gasteiger partial charge in [0.2, 0.25) is 5.88 Å². The predicted molar refractivity (Wildman–Crippen MR) is 92.8 cm³/mol. The van der Waals surface area contributed by atoms with Crippen molar-refractivity contribution >= 4 is 23.2 Å². The highest BCUT2D eigenvalue weighted by atomic mass is 35.5. The summed E-state index contributed by atoms with van der Waals surface area (Å²) in [6, 6.07) is 5.99. The molecule has 1 aliphatic rings. The van der Waals surface area contributed by atoms with Gasteiger partial charge < -0.3 is 14.8 Å². The lowest BCUT2D eigenvalue weighted by Gasteiger charge is -2.23.